The molecular formula is C8H10BrN3O2. The minimum absolute atomic E-state index is 0.00287. The Labute approximate surface area is 89.2 Å². The van der Waals surface area contributed by atoms with Gasteiger partial charge < -0.3 is 5.11 Å². The van der Waals surface area contributed by atoms with Crippen LogP contribution in [0, 0.1) is 0 Å². The van der Waals surface area contributed by atoms with Crippen LogP contribution in [0.2, 0.25) is 0 Å². The van der Waals surface area contributed by atoms with Gasteiger partial charge in [-0.15, -0.1) is 10.2 Å². The maximum atomic E-state index is 10.7. The Morgan fingerprint density at radius 2 is 2.07 bits per heavy atom. The summed E-state index contributed by atoms with van der Waals surface area (Å²) in [6.07, 6.45) is 4.43. The van der Waals surface area contributed by atoms with Gasteiger partial charge >= 0.3 is 5.97 Å². The molecule has 6 heteroatoms. The number of carboxylic acid groups (broad SMARTS) is 1. The van der Waals surface area contributed by atoms with E-state index in [1.807, 2.05) is 0 Å². The number of carboxylic acids is 1. The third-order valence-electron chi connectivity index (χ3n) is 2.44. The van der Waals surface area contributed by atoms with Gasteiger partial charge in [-0.3, -0.25) is 0 Å². The predicted molar refractivity (Wildman–Crippen MR) is 52.2 cm³/mol. The summed E-state index contributed by atoms with van der Waals surface area (Å²) in [6.45, 7) is 0. The lowest BCUT2D eigenvalue weighted by Gasteiger charge is -2.05. The summed E-state index contributed by atoms with van der Waals surface area (Å²) in [7, 11) is 0. The van der Waals surface area contributed by atoms with E-state index in [4.69, 9.17) is 5.11 Å². The summed E-state index contributed by atoms with van der Waals surface area (Å²) in [4.78, 5) is 12.2. The van der Waals surface area contributed by atoms with Gasteiger partial charge in [-0.2, -0.15) is 4.80 Å². The van der Waals surface area contributed by atoms with Gasteiger partial charge in [0.15, 0.2) is 4.60 Å². The minimum Gasteiger partial charge on any atom is -0.476 e. The summed E-state index contributed by atoms with van der Waals surface area (Å²) in [5.41, 5.74) is -0.00287. The molecule has 0 bridgehead atoms. The van der Waals surface area contributed by atoms with Crippen molar-refractivity contribution in [1.82, 2.24) is 15.0 Å². The van der Waals surface area contributed by atoms with Crippen molar-refractivity contribution in [1.29, 1.82) is 0 Å². The summed E-state index contributed by atoms with van der Waals surface area (Å²) in [5, 5.41) is 16.8. The molecule has 0 aliphatic heterocycles. The van der Waals surface area contributed by atoms with Crippen LogP contribution in [-0.4, -0.2) is 26.1 Å². The van der Waals surface area contributed by atoms with Gasteiger partial charge in [0.2, 0.25) is 5.69 Å². The fraction of sp³-hybridized carbons (Fsp3) is 0.625. The molecule has 1 fully saturated rings. The maximum absolute atomic E-state index is 10.7. The lowest BCUT2D eigenvalue weighted by Crippen LogP contribution is -2.09. The van der Waals surface area contributed by atoms with Crippen molar-refractivity contribution in [3.8, 4) is 0 Å². The molecule has 1 aliphatic carbocycles. The normalized spacial score (nSPS) is 17.5. The zero-order valence-corrected chi connectivity index (χ0v) is 9.07. The van der Waals surface area contributed by atoms with Crippen LogP contribution >= 0.6 is 15.9 Å². The number of halogens is 1. The molecule has 0 amide bonds. The zero-order chi connectivity index (χ0) is 10.1. The fourth-order valence-corrected chi connectivity index (χ4v) is 2.14. The highest BCUT2D eigenvalue weighted by molar-refractivity contribution is 9.10. The number of aromatic nitrogens is 3. The number of hydrogen-bond acceptors (Lipinski definition) is 3. The second-order valence-electron chi connectivity index (χ2n) is 3.40. The van der Waals surface area contributed by atoms with Crippen molar-refractivity contribution in [3.63, 3.8) is 0 Å². The van der Waals surface area contributed by atoms with Gasteiger partial charge in [-0.25, -0.2) is 4.79 Å². The maximum Gasteiger partial charge on any atom is 0.359 e. The largest absolute Gasteiger partial charge is 0.476 e. The lowest BCUT2D eigenvalue weighted by atomic mass is 10.3. The van der Waals surface area contributed by atoms with Crippen LogP contribution in [0.15, 0.2) is 4.60 Å². The quantitative estimate of drug-likeness (QED) is 0.881. The summed E-state index contributed by atoms with van der Waals surface area (Å²) in [5.74, 6) is -1.04. The van der Waals surface area contributed by atoms with Crippen LogP contribution in [0.1, 0.15) is 42.2 Å². The highest BCUT2D eigenvalue weighted by Gasteiger charge is 2.22. The van der Waals surface area contributed by atoms with Crippen molar-refractivity contribution in [2.45, 2.75) is 31.7 Å². The molecule has 1 heterocycles. The third-order valence-corrected chi connectivity index (χ3v) is 2.98. The molecule has 1 aromatic heterocycles. The Morgan fingerprint density at radius 1 is 1.43 bits per heavy atom. The molecule has 1 aliphatic rings. The van der Waals surface area contributed by atoms with Crippen LogP contribution in [0.4, 0.5) is 0 Å². The van der Waals surface area contributed by atoms with Crippen molar-refractivity contribution in [2.75, 3.05) is 0 Å². The van der Waals surface area contributed by atoms with Crippen LogP contribution in [-0.2, 0) is 0 Å². The molecule has 1 N–H and O–H groups in total. The summed E-state index contributed by atoms with van der Waals surface area (Å²) in [6, 6.07) is 0.277. The standard InChI is InChI=1S/C8H10BrN3O2/c9-7-6(8(13)14)10-12(11-7)5-3-1-2-4-5/h5H,1-4H2,(H,13,14). The topological polar surface area (TPSA) is 68.0 Å². The molecule has 1 aromatic rings. The highest BCUT2D eigenvalue weighted by Crippen LogP contribution is 2.28. The van der Waals surface area contributed by atoms with Crippen molar-refractivity contribution in [3.05, 3.63) is 10.3 Å². The molecule has 5 nitrogen and oxygen atoms in total. The fourth-order valence-electron chi connectivity index (χ4n) is 1.73. The SMILES string of the molecule is O=C(O)c1nn(C2CCCC2)nc1Br. The Hall–Kier alpha value is -0.910. The van der Waals surface area contributed by atoms with E-state index in [-0.39, 0.29) is 11.7 Å². The molecular weight excluding hydrogens is 250 g/mol. The third kappa shape index (κ3) is 1.66. The van der Waals surface area contributed by atoms with Gasteiger partial charge in [-0.1, -0.05) is 12.8 Å². The van der Waals surface area contributed by atoms with E-state index in [1.165, 1.54) is 17.6 Å². The average Bonchev–Trinajstić information content (AvgIpc) is 2.70. The second-order valence-corrected chi connectivity index (χ2v) is 4.15. The van der Waals surface area contributed by atoms with Crippen LogP contribution < -0.4 is 0 Å². The van der Waals surface area contributed by atoms with E-state index < -0.39 is 5.97 Å². The number of rotatable bonds is 2. The van der Waals surface area contributed by atoms with E-state index in [1.54, 1.807) is 0 Å². The molecule has 0 spiro atoms. The first-order valence-corrected chi connectivity index (χ1v) is 5.33. The highest BCUT2D eigenvalue weighted by atomic mass is 79.9. The molecule has 2 rings (SSSR count). The number of nitrogens with zero attached hydrogens (tertiary/aromatic N) is 3. The van der Waals surface area contributed by atoms with Crippen LogP contribution in [0.3, 0.4) is 0 Å². The van der Waals surface area contributed by atoms with Crippen molar-refractivity contribution >= 4 is 21.9 Å². The Bertz CT molecular complexity index is 357. The first kappa shape index (κ1) is 9.64. The minimum atomic E-state index is -1.04. The molecule has 0 atom stereocenters. The first-order valence-electron chi connectivity index (χ1n) is 4.54. The number of aromatic carboxylic acids is 1. The van der Waals surface area contributed by atoms with Gasteiger partial charge in [0.1, 0.15) is 0 Å². The van der Waals surface area contributed by atoms with E-state index in [2.05, 4.69) is 26.1 Å². The zero-order valence-electron chi connectivity index (χ0n) is 7.48. The molecule has 0 aromatic carbocycles. The molecule has 0 saturated heterocycles. The summed E-state index contributed by atoms with van der Waals surface area (Å²) < 4.78 is 0.317. The van der Waals surface area contributed by atoms with E-state index >= 15 is 0 Å². The summed E-state index contributed by atoms with van der Waals surface area (Å²) >= 11 is 3.09. The predicted octanol–water partition coefficient (Wildman–Crippen LogP) is 1.85. The van der Waals surface area contributed by atoms with Crippen LogP contribution in [0.25, 0.3) is 0 Å². The second kappa shape index (κ2) is 3.68. The van der Waals surface area contributed by atoms with E-state index in [0.717, 1.165) is 12.8 Å². The monoisotopic (exact) mass is 259 g/mol. The van der Waals surface area contributed by atoms with Crippen LogP contribution in [0.5, 0.6) is 0 Å². The molecule has 0 unspecified atom stereocenters. The Balaban J connectivity index is 2.27. The molecule has 14 heavy (non-hydrogen) atoms. The first-order chi connectivity index (χ1) is 6.68. The number of hydrogen-bond donors (Lipinski definition) is 1. The van der Waals surface area contributed by atoms with Crippen molar-refractivity contribution in [2.24, 2.45) is 0 Å². The van der Waals surface area contributed by atoms with Gasteiger partial charge in [0.25, 0.3) is 0 Å². The number of carbonyl (C=O) groups is 1. The van der Waals surface area contributed by atoms with Gasteiger partial charge in [0, 0.05) is 0 Å². The van der Waals surface area contributed by atoms with Gasteiger partial charge in [-0.05, 0) is 28.8 Å². The smallest absolute Gasteiger partial charge is 0.359 e. The molecule has 1 saturated carbocycles. The Kier molecular flexibility index (Phi) is 2.54. The van der Waals surface area contributed by atoms with Crippen molar-refractivity contribution < 1.29 is 9.90 Å². The lowest BCUT2D eigenvalue weighted by molar-refractivity contribution is 0.0688. The molecule has 0 radical (unpaired) electrons. The van der Waals surface area contributed by atoms with E-state index in [9.17, 15) is 4.79 Å². The van der Waals surface area contributed by atoms with E-state index in [0.29, 0.717) is 4.60 Å². The molecule has 76 valence electrons. The van der Waals surface area contributed by atoms with Gasteiger partial charge in [0.05, 0.1) is 6.04 Å². The Morgan fingerprint density at radius 3 is 2.57 bits per heavy atom. The average molecular weight is 260 g/mol.